The molecule has 0 fully saturated rings. The molecule has 0 saturated carbocycles. The quantitative estimate of drug-likeness (QED) is 0.640. The summed E-state index contributed by atoms with van der Waals surface area (Å²) in [6.07, 6.45) is 4.22. The zero-order valence-electron chi connectivity index (χ0n) is 10.8. The van der Waals surface area contributed by atoms with E-state index in [1.54, 1.807) is 0 Å². The number of hydrogen-bond donors (Lipinski definition) is 1. The van der Waals surface area contributed by atoms with Gasteiger partial charge in [0.2, 0.25) is 5.10 Å². The minimum atomic E-state index is 0.0563. The molecule has 0 aliphatic heterocycles. The van der Waals surface area contributed by atoms with Crippen LogP contribution in [0.15, 0.2) is 12.1 Å². The van der Waals surface area contributed by atoms with Gasteiger partial charge in [0, 0.05) is 10.9 Å². The van der Waals surface area contributed by atoms with Gasteiger partial charge in [0.25, 0.3) is 5.52 Å². The van der Waals surface area contributed by atoms with Gasteiger partial charge in [-0.2, -0.15) is 0 Å². The topological polar surface area (TPSA) is 78.8 Å². The summed E-state index contributed by atoms with van der Waals surface area (Å²) < 4.78 is 0.710. The molecule has 1 aromatic carbocycles. The highest BCUT2D eigenvalue weighted by Crippen LogP contribution is 2.24. The molecular weight excluding hydrogens is 244 g/mol. The largest absolute Gasteiger partial charge is 0.739 e. The predicted molar refractivity (Wildman–Crippen MR) is 70.5 cm³/mol. The van der Waals surface area contributed by atoms with Gasteiger partial charge >= 0.3 is 5.95 Å². The molecule has 1 aromatic heterocycles. The van der Waals surface area contributed by atoms with Crippen LogP contribution in [0, 0.1) is 10.4 Å². The van der Waals surface area contributed by atoms with E-state index in [1.165, 1.54) is 11.1 Å². The van der Waals surface area contributed by atoms with E-state index in [0.717, 1.165) is 25.7 Å². The zero-order valence-corrected chi connectivity index (χ0v) is 10.8. The molecule has 2 aromatic rings. The zero-order chi connectivity index (χ0) is 13.4. The number of aryl methyl sites for hydroxylation is 2. The number of rotatable bonds is 2. The van der Waals surface area contributed by atoms with Crippen LogP contribution in [-0.2, 0) is 12.8 Å². The number of aromatic nitrogens is 3. The van der Waals surface area contributed by atoms with E-state index in [4.69, 9.17) is 0 Å². The van der Waals surface area contributed by atoms with E-state index in [1.807, 2.05) is 19.1 Å². The summed E-state index contributed by atoms with van der Waals surface area (Å²) in [5.41, 5.74) is 3.08. The molecular formula is C13H16N4O2. The fourth-order valence-electron chi connectivity index (χ4n) is 2.64. The Labute approximate surface area is 110 Å². The van der Waals surface area contributed by atoms with Gasteiger partial charge in [-0.05, 0) is 49.8 Å². The number of nitrogens with one attached hydrogen (secondary N) is 1. The molecule has 1 aliphatic rings. The number of fused-ring (bicyclic) bond motifs is 2. The van der Waals surface area contributed by atoms with Crippen LogP contribution < -0.4 is 14.9 Å². The number of anilines is 1. The van der Waals surface area contributed by atoms with Gasteiger partial charge in [-0.25, -0.2) is 4.73 Å². The first-order chi connectivity index (χ1) is 9.20. The van der Waals surface area contributed by atoms with Crippen LogP contribution in [0.3, 0.4) is 0 Å². The summed E-state index contributed by atoms with van der Waals surface area (Å²) in [7, 11) is 0. The Balaban J connectivity index is 2.25. The first kappa shape index (κ1) is 12.0. The van der Waals surface area contributed by atoms with Crippen LogP contribution in [-0.4, -0.2) is 11.6 Å². The fraction of sp³-hybridized carbons (Fsp3) is 0.462. The molecule has 3 rings (SSSR count). The van der Waals surface area contributed by atoms with Gasteiger partial charge in [0.15, 0.2) is 5.52 Å². The van der Waals surface area contributed by atoms with Crippen molar-refractivity contribution in [2.45, 2.75) is 32.6 Å². The predicted octanol–water partition coefficient (Wildman–Crippen LogP) is 0.812. The Morgan fingerprint density at radius 3 is 2.42 bits per heavy atom. The maximum absolute atomic E-state index is 12.2. The molecule has 0 amide bonds. The van der Waals surface area contributed by atoms with E-state index in [-0.39, 0.29) is 5.95 Å². The standard InChI is InChI=1S/C13H16N4O2/c1-2-14-13-15-17(19)12-8-10-6-4-3-5-9(10)7-11(12)16(13)18/h7-8H,2-6H2,1H3,(H,14,15). The van der Waals surface area contributed by atoms with Crippen LogP contribution in [0.4, 0.5) is 5.95 Å². The van der Waals surface area contributed by atoms with E-state index in [0.29, 0.717) is 27.2 Å². The van der Waals surface area contributed by atoms with E-state index >= 15 is 0 Å². The van der Waals surface area contributed by atoms with E-state index < -0.39 is 0 Å². The third kappa shape index (κ3) is 1.93. The molecule has 0 saturated heterocycles. The molecule has 100 valence electrons. The highest BCUT2D eigenvalue weighted by molar-refractivity contribution is 5.71. The summed E-state index contributed by atoms with van der Waals surface area (Å²) in [6.45, 7) is 2.40. The minimum Gasteiger partial charge on any atom is -0.739 e. The molecule has 0 bridgehead atoms. The normalized spacial score (nSPS) is 14.4. The maximum Gasteiger partial charge on any atom is 0.460 e. The van der Waals surface area contributed by atoms with Crippen LogP contribution in [0.1, 0.15) is 30.9 Å². The minimum absolute atomic E-state index is 0.0563. The second-order valence-electron chi connectivity index (χ2n) is 4.84. The molecule has 6 nitrogen and oxygen atoms in total. The molecule has 19 heavy (non-hydrogen) atoms. The Bertz CT molecular complexity index is 642. The summed E-state index contributed by atoms with van der Waals surface area (Å²) in [4.78, 5) is 0.538. The van der Waals surface area contributed by atoms with E-state index in [9.17, 15) is 10.4 Å². The molecule has 1 N–H and O–H groups in total. The summed E-state index contributed by atoms with van der Waals surface area (Å²) in [6, 6.07) is 3.65. The summed E-state index contributed by atoms with van der Waals surface area (Å²) in [5.74, 6) is 0.0563. The second-order valence-corrected chi connectivity index (χ2v) is 4.84. The van der Waals surface area contributed by atoms with Crippen molar-refractivity contribution in [3.63, 3.8) is 0 Å². The molecule has 0 radical (unpaired) electrons. The van der Waals surface area contributed by atoms with Crippen molar-refractivity contribution in [2.24, 2.45) is 0 Å². The number of nitrogens with zero attached hydrogens (tertiary/aromatic N) is 3. The lowest BCUT2D eigenvalue weighted by molar-refractivity contribution is -0.672. The van der Waals surface area contributed by atoms with Crippen molar-refractivity contribution in [1.29, 1.82) is 0 Å². The van der Waals surface area contributed by atoms with Crippen molar-refractivity contribution in [1.82, 2.24) is 5.10 Å². The van der Waals surface area contributed by atoms with Crippen LogP contribution in [0.2, 0.25) is 0 Å². The van der Waals surface area contributed by atoms with Gasteiger partial charge < -0.3 is 10.4 Å². The van der Waals surface area contributed by atoms with Crippen molar-refractivity contribution < 1.29 is 9.58 Å². The number of benzene rings is 1. The van der Waals surface area contributed by atoms with Crippen molar-refractivity contribution in [3.8, 4) is 0 Å². The molecule has 1 heterocycles. The Kier molecular flexibility index (Phi) is 2.85. The van der Waals surface area contributed by atoms with Gasteiger partial charge in [0.1, 0.15) is 0 Å². The van der Waals surface area contributed by atoms with Gasteiger partial charge in [0.05, 0.1) is 6.54 Å². The lowest BCUT2D eigenvalue weighted by Crippen LogP contribution is -2.44. The average Bonchev–Trinajstić information content (AvgIpc) is 2.43. The molecule has 1 aliphatic carbocycles. The smallest absolute Gasteiger partial charge is 0.460 e. The lowest BCUT2D eigenvalue weighted by Gasteiger charge is -2.16. The fourth-order valence-corrected chi connectivity index (χ4v) is 2.64. The SMILES string of the molecule is CCNc1n[n+]([O-])c2cc3c(cc2[n+]1[O-])CCCC3. The Hall–Kier alpha value is -2.11. The monoisotopic (exact) mass is 260 g/mol. The van der Waals surface area contributed by atoms with E-state index in [2.05, 4.69) is 10.4 Å². The lowest BCUT2D eigenvalue weighted by atomic mass is 9.91. The number of hydrogen-bond acceptors (Lipinski definition) is 4. The van der Waals surface area contributed by atoms with Crippen LogP contribution in [0.5, 0.6) is 0 Å². The highest BCUT2D eigenvalue weighted by Gasteiger charge is 2.22. The first-order valence-electron chi connectivity index (χ1n) is 6.63. The molecule has 0 spiro atoms. The third-order valence-electron chi connectivity index (χ3n) is 3.58. The average molecular weight is 260 g/mol. The Morgan fingerprint density at radius 2 is 1.79 bits per heavy atom. The summed E-state index contributed by atoms with van der Waals surface area (Å²) in [5, 5.41) is 30.7. The van der Waals surface area contributed by atoms with Crippen LogP contribution in [0.25, 0.3) is 11.0 Å². The maximum atomic E-state index is 12.2. The molecule has 0 atom stereocenters. The first-order valence-corrected chi connectivity index (χ1v) is 6.63. The van der Waals surface area contributed by atoms with Crippen molar-refractivity contribution in [2.75, 3.05) is 11.9 Å². The van der Waals surface area contributed by atoms with Crippen molar-refractivity contribution in [3.05, 3.63) is 33.7 Å². The molecule has 0 unspecified atom stereocenters. The van der Waals surface area contributed by atoms with Crippen LogP contribution >= 0.6 is 0 Å². The van der Waals surface area contributed by atoms with Crippen molar-refractivity contribution >= 4 is 17.0 Å². The third-order valence-corrected chi connectivity index (χ3v) is 3.58. The molecule has 6 heteroatoms. The highest BCUT2D eigenvalue weighted by atomic mass is 16.5. The van der Waals surface area contributed by atoms with Gasteiger partial charge in [-0.15, -0.1) is 0 Å². The Morgan fingerprint density at radius 1 is 1.16 bits per heavy atom. The second kappa shape index (κ2) is 4.53. The van der Waals surface area contributed by atoms with Gasteiger partial charge in [-0.1, -0.05) is 0 Å². The van der Waals surface area contributed by atoms with Gasteiger partial charge in [-0.3, -0.25) is 5.32 Å². The summed E-state index contributed by atoms with van der Waals surface area (Å²) >= 11 is 0.